The molecular formula is C17H29N3O. The lowest BCUT2D eigenvalue weighted by Gasteiger charge is -2.22. The Bertz CT molecular complexity index is 419. The van der Waals surface area contributed by atoms with E-state index in [-0.39, 0.29) is 0 Å². The van der Waals surface area contributed by atoms with Gasteiger partial charge in [0.15, 0.2) is 0 Å². The number of aryl methyl sites for hydroxylation is 2. The third-order valence-corrected chi connectivity index (χ3v) is 4.18. The number of ether oxygens (including phenoxy) is 1. The van der Waals surface area contributed by atoms with Crippen LogP contribution in [-0.2, 0) is 17.6 Å². The summed E-state index contributed by atoms with van der Waals surface area (Å²) < 4.78 is 5.80. The third kappa shape index (κ3) is 5.04. The highest BCUT2D eigenvalue weighted by molar-refractivity contribution is 5.24. The summed E-state index contributed by atoms with van der Waals surface area (Å²) in [4.78, 5) is 9.43. The van der Waals surface area contributed by atoms with E-state index in [4.69, 9.17) is 14.7 Å². The number of hydrogen-bond acceptors (Lipinski definition) is 4. The van der Waals surface area contributed by atoms with Gasteiger partial charge in [0, 0.05) is 24.4 Å². The lowest BCUT2D eigenvalue weighted by atomic mass is 10.0. The number of rotatable bonds is 7. The molecule has 0 aromatic carbocycles. The molecule has 1 aliphatic heterocycles. The van der Waals surface area contributed by atoms with E-state index in [9.17, 15) is 0 Å². The first-order chi connectivity index (χ1) is 10.2. The maximum atomic E-state index is 5.80. The van der Waals surface area contributed by atoms with Crippen molar-refractivity contribution in [1.82, 2.24) is 15.3 Å². The topological polar surface area (TPSA) is 47.0 Å². The smallest absolute Gasteiger partial charge is 0.131 e. The Morgan fingerprint density at radius 3 is 2.57 bits per heavy atom. The normalized spacial score (nSPS) is 18.9. The largest absolute Gasteiger partial charge is 0.378 e. The monoisotopic (exact) mass is 291 g/mol. The molecule has 21 heavy (non-hydrogen) atoms. The molecule has 2 rings (SSSR count). The molecule has 0 bridgehead atoms. The SMILES string of the molecule is CCNCCCc1c(C)nc(CC2CCCCO2)nc1C. The zero-order valence-corrected chi connectivity index (χ0v) is 13.7. The molecule has 1 fully saturated rings. The van der Waals surface area contributed by atoms with Crippen LogP contribution in [-0.4, -0.2) is 35.8 Å². The van der Waals surface area contributed by atoms with Crippen LogP contribution in [0.4, 0.5) is 0 Å². The predicted octanol–water partition coefficient (Wildman–Crippen LogP) is 2.75. The Morgan fingerprint density at radius 1 is 1.19 bits per heavy atom. The maximum Gasteiger partial charge on any atom is 0.131 e. The fourth-order valence-corrected chi connectivity index (χ4v) is 3.00. The highest BCUT2D eigenvalue weighted by atomic mass is 16.5. The summed E-state index contributed by atoms with van der Waals surface area (Å²) in [6, 6.07) is 0. The van der Waals surface area contributed by atoms with Crippen molar-refractivity contribution in [1.29, 1.82) is 0 Å². The second-order valence-electron chi connectivity index (χ2n) is 5.94. The van der Waals surface area contributed by atoms with Crippen molar-refractivity contribution in [3.63, 3.8) is 0 Å². The molecule has 0 saturated carbocycles. The molecule has 1 aliphatic rings. The van der Waals surface area contributed by atoms with Crippen molar-refractivity contribution in [2.45, 2.75) is 65.4 Å². The van der Waals surface area contributed by atoms with Crippen LogP contribution >= 0.6 is 0 Å². The van der Waals surface area contributed by atoms with Crippen LogP contribution in [0.25, 0.3) is 0 Å². The zero-order valence-electron chi connectivity index (χ0n) is 13.7. The van der Waals surface area contributed by atoms with E-state index in [2.05, 4.69) is 26.1 Å². The van der Waals surface area contributed by atoms with Crippen molar-refractivity contribution in [3.05, 3.63) is 22.8 Å². The second-order valence-corrected chi connectivity index (χ2v) is 5.94. The maximum absolute atomic E-state index is 5.80. The number of nitrogens with one attached hydrogen (secondary N) is 1. The van der Waals surface area contributed by atoms with Crippen LogP contribution in [0.2, 0.25) is 0 Å². The highest BCUT2D eigenvalue weighted by Crippen LogP contribution is 2.18. The van der Waals surface area contributed by atoms with Gasteiger partial charge in [-0.2, -0.15) is 0 Å². The molecule has 1 aromatic rings. The molecule has 1 saturated heterocycles. The first-order valence-electron chi connectivity index (χ1n) is 8.36. The Morgan fingerprint density at radius 2 is 1.95 bits per heavy atom. The minimum atomic E-state index is 0.317. The van der Waals surface area contributed by atoms with Crippen LogP contribution in [0.5, 0.6) is 0 Å². The molecule has 1 unspecified atom stereocenters. The van der Waals surface area contributed by atoms with Crippen molar-refractivity contribution < 1.29 is 4.74 Å². The fourth-order valence-electron chi connectivity index (χ4n) is 3.00. The van der Waals surface area contributed by atoms with Crippen LogP contribution in [0.1, 0.15) is 55.4 Å². The van der Waals surface area contributed by atoms with Crippen LogP contribution in [0, 0.1) is 13.8 Å². The standard InChI is InChI=1S/C17H29N3O/c1-4-18-10-7-9-16-13(2)19-17(20-14(16)3)12-15-8-5-6-11-21-15/h15,18H,4-12H2,1-3H3. The molecule has 0 amide bonds. The molecular weight excluding hydrogens is 262 g/mol. The van der Waals surface area contributed by atoms with E-state index in [1.54, 1.807) is 0 Å². The summed E-state index contributed by atoms with van der Waals surface area (Å²) in [5, 5.41) is 3.37. The molecule has 0 aliphatic carbocycles. The summed E-state index contributed by atoms with van der Waals surface area (Å²) in [5.41, 5.74) is 3.61. The summed E-state index contributed by atoms with van der Waals surface area (Å²) in [7, 11) is 0. The predicted molar refractivity (Wildman–Crippen MR) is 85.7 cm³/mol. The van der Waals surface area contributed by atoms with E-state index >= 15 is 0 Å². The van der Waals surface area contributed by atoms with E-state index in [0.29, 0.717) is 6.10 Å². The highest BCUT2D eigenvalue weighted by Gasteiger charge is 2.17. The average molecular weight is 291 g/mol. The number of hydrogen-bond donors (Lipinski definition) is 1. The van der Waals surface area contributed by atoms with Crippen LogP contribution < -0.4 is 5.32 Å². The molecule has 1 atom stereocenters. The van der Waals surface area contributed by atoms with E-state index in [1.807, 2.05) is 0 Å². The number of aromatic nitrogens is 2. The van der Waals surface area contributed by atoms with Gasteiger partial charge >= 0.3 is 0 Å². The quantitative estimate of drug-likeness (QED) is 0.785. The lowest BCUT2D eigenvalue weighted by Crippen LogP contribution is -2.23. The van der Waals surface area contributed by atoms with Gasteiger partial charge in [-0.1, -0.05) is 6.92 Å². The van der Waals surface area contributed by atoms with Crippen molar-refractivity contribution in [2.75, 3.05) is 19.7 Å². The van der Waals surface area contributed by atoms with E-state index in [0.717, 1.165) is 62.6 Å². The summed E-state index contributed by atoms with van der Waals surface area (Å²) in [6.07, 6.45) is 6.99. The fraction of sp³-hybridized carbons (Fsp3) is 0.765. The Labute approximate surface area is 128 Å². The van der Waals surface area contributed by atoms with Gasteiger partial charge in [-0.25, -0.2) is 9.97 Å². The molecule has 2 heterocycles. The first-order valence-corrected chi connectivity index (χ1v) is 8.36. The first kappa shape index (κ1) is 16.4. The molecule has 0 radical (unpaired) electrons. The van der Waals surface area contributed by atoms with Crippen molar-refractivity contribution >= 4 is 0 Å². The average Bonchev–Trinajstić information content (AvgIpc) is 2.47. The van der Waals surface area contributed by atoms with Gasteiger partial charge in [0.2, 0.25) is 0 Å². The Kier molecular flexibility index (Phi) is 6.58. The second kappa shape index (κ2) is 8.44. The summed E-state index contributed by atoms with van der Waals surface area (Å²) in [6.45, 7) is 9.36. The summed E-state index contributed by atoms with van der Waals surface area (Å²) in [5.74, 6) is 0.951. The third-order valence-electron chi connectivity index (χ3n) is 4.18. The van der Waals surface area contributed by atoms with Gasteiger partial charge in [0.25, 0.3) is 0 Å². The lowest BCUT2D eigenvalue weighted by molar-refractivity contribution is 0.0156. The zero-order chi connectivity index (χ0) is 15.1. The molecule has 1 aromatic heterocycles. The number of nitrogens with zero attached hydrogens (tertiary/aromatic N) is 2. The molecule has 4 nitrogen and oxygen atoms in total. The summed E-state index contributed by atoms with van der Waals surface area (Å²) >= 11 is 0. The molecule has 118 valence electrons. The molecule has 0 spiro atoms. The Balaban J connectivity index is 1.95. The minimum Gasteiger partial charge on any atom is -0.378 e. The van der Waals surface area contributed by atoms with Gasteiger partial charge in [-0.3, -0.25) is 0 Å². The van der Waals surface area contributed by atoms with Gasteiger partial charge in [0.1, 0.15) is 5.82 Å². The van der Waals surface area contributed by atoms with Gasteiger partial charge in [0.05, 0.1) is 6.10 Å². The van der Waals surface area contributed by atoms with Gasteiger partial charge < -0.3 is 10.1 Å². The molecule has 4 heteroatoms. The van der Waals surface area contributed by atoms with E-state index < -0.39 is 0 Å². The minimum absolute atomic E-state index is 0.317. The van der Waals surface area contributed by atoms with Crippen molar-refractivity contribution in [3.8, 4) is 0 Å². The van der Waals surface area contributed by atoms with Crippen LogP contribution in [0.3, 0.4) is 0 Å². The Hall–Kier alpha value is -1.00. The van der Waals surface area contributed by atoms with Gasteiger partial charge in [-0.05, 0) is 64.6 Å². The van der Waals surface area contributed by atoms with Crippen molar-refractivity contribution in [2.24, 2.45) is 0 Å². The molecule has 1 N–H and O–H groups in total. The van der Waals surface area contributed by atoms with Crippen LogP contribution in [0.15, 0.2) is 0 Å². The van der Waals surface area contributed by atoms with E-state index in [1.165, 1.54) is 18.4 Å². The van der Waals surface area contributed by atoms with Gasteiger partial charge in [-0.15, -0.1) is 0 Å².